The number of ketones is 1. The summed E-state index contributed by atoms with van der Waals surface area (Å²) in [5, 5.41) is 0. The summed E-state index contributed by atoms with van der Waals surface area (Å²) in [5.74, 6) is -0.506. The Kier molecular flexibility index (Phi) is 4.25. The van der Waals surface area contributed by atoms with Crippen molar-refractivity contribution in [3.05, 3.63) is 71.9 Å². The summed E-state index contributed by atoms with van der Waals surface area (Å²) in [6, 6.07) is 9.10. The maximum absolute atomic E-state index is 12.9. The first-order valence-corrected chi connectivity index (χ1v) is 6.17. The number of aromatic nitrogens is 1. The van der Waals surface area contributed by atoms with Gasteiger partial charge in [-0.05, 0) is 42.0 Å². The van der Waals surface area contributed by atoms with Crippen LogP contribution in [0.25, 0.3) is 5.57 Å². The lowest BCUT2D eigenvalue weighted by molar-refractivity contribution is 0.105. The predicted octanol–water partition coefficient (Wildman–Crippen LogP) is 3.01. The molecule has 0 saturated heterocycles. The Balaban J connectivity index is 2.42. The molecule has 0 atom stereocenters. The molecule has 0 amide bonds. The van der Waals surface area contributed by atoms with Crippen LogP contribution in [0.3, 0.4) is 0 Å². The van der Waals surface area contributed by atoms with Crippen LogP contribution in [0.2, 0.25) is 0 Å². The molecule has 0 N–H and O–H groups in total. The first kappa shape index (κ1) is 13.9. The van der Waals surface area contributed by atoms with Gasteiger partial charge in [-0.2, -0.15) is 0 Å². The Morgan fingerprint density at radius 2 is 1.65 bits per heavy atom. The molecule has 0 aliphatic carbocycles. The summed E-state index contributed by atoms with van der Waals surface area (Å²) in [6.07, 6.45) is 5.02. The monoisotopic (exact) mass is 270 g/mol. The van der Waals surface area contributed by atoms with Crippen LogP contribution in [0.5, 0.6) is 0 Å². The topological polar surface area (TPSA) is 33.2 Å². The molecule has 3 nitrogen and oxygen atoms in total. The minimum absolute atomic E-state index is 0.148. The summed E-state index contributed by atoms with van der Waals surface area (Å²) in [6.45, 7) is 0. The van der Waals surface area contributed by atoms with Crippen molar-refractivity contribution in [3.8, 4) is 0 Å². The number of rotatable bonds is 4. The number of hydrogen-bond donors (Lipinski definition) is 0. The smallest absolute Gasteiger partial charge is 0.195 e. The molecule has 0 saturated carbocycles. The molecule has 1 heterocycles. The maximum Gasteiger partial charge on any atom is 0.195 e. The molecule has 0 aliphatic heterocycles. The minimum atomic E-state index is -0.358. The average Bonchev–Trinajstić information content (AvgIpc) is 2.45. The van der Waals surface area contributed by atoms with E-state index in [1.165, 1.54) is 24.3 Å². The number of benzene rings is 1. The van der Waals surface area contributed by atoms with Gasteiger partial charge < -0.3 is 4.90 Å². The summed E-state index contributed by atoms with van der Waals surface area (Å²) in [7, 11) is 3.69. The molecule has 20 heavy (non-hydrogen) atoms. The maximum atomic E-state index is 12.9. The van der Waals surface area contributed by atoms with Crippen LogP contribution in [0.4, 0.5) is 4.39 Å². The van der Waals surface area contributed by atoms with Crippen molar-refractivity contribution in [2.75, 3.05) is 14.1 Å². The Labute approximate surface area is 117 Å². The Morgan fingerprint density at radius 3 is 2.20 bits per heavy atom. The molecule has 2 aromatic rings. The van der Waals surface area contributed by atoms with E-state index in [1.807, 2.05) is 14.1 Å². The number of hydrogen-bond acceptors (Lipinski definition) is 3. The van der Waals surface area contributed by atoms with Crippen LogP contribution in [-0.4, -0.2) is 29.8 Å². The average molecular weight is 270 g/mol. The van der Waals surface area contributed by atoms with Crippen molar-refractivity contribution < 1.29 is 9.18 Å². The van der Waals surface area contributed by atoms with Gasteiger partial charge in [0.15, 0.2) is 5.78 Å². The van der Waals surface area contributed by atoms with E-state index in [-0.39, 0.29) is 11.6 Å². The van der Waals surface area contributed by atoms with E-state index in [4.69, 9.17) is 0 Å². The molecule has 1 aromatic heterocycles. The molecule has 4 heteroatoms. The first-order valence-electron chi connectivity index (χ1n) is 6.17. The van der Waals surface area contributed by atoms with Crippen molar-refractivity contribution in [2.45, 2.75) is 0 Å². The minimum Gasteiger partial charge on any atom is -0.383 e. The van der Waals surface area contributed by atoms with Gasteiger partial charge in [-0.15, -0.1) is 0 Å². The first-order chi connectivity index (χ1) is 9.58. The number of carbonyl (C=O) groups is 1. The number of pyridine rings is 1. The highest BCUT2D eigenvalue weighted by atomic mass is 19.1. The van der Waals surface area contributed by atoms with E-state index < -0.39 is 0 Å². The fraction of sp³-hybridized carbons (Fsp3) is 0.125. The van der Waals surface area contributed by atoms with E-state index in [2.05, 4.69) is 4.98 Å². The number of halogens is 1. The highest BCUT2D eigenvalue weighted by Crippen LogP contribution is 2.20. The third-order valence-corrected chi connectivity index (χ3v) is 2.73. The molecule has 0 radical (unpaired) electrons. The molecule has 0 unspecified atom stereocenters. The highest BCUT2D eigenvalue weighted by molar-refractivity contribution is 6.28. The van der Waals surface area contributed by atoms with Crippen molar-refractivity contribution >= 4 is 11.4 Å². The number of Topliss-reactive ketones (excluding diaryl/α,β-unsaturated/α-hetero) is 1. The molecule has 2 rings (SSSR count). The van der Waals surface area contributed by atoms with E-state index >= 15 is 0 Å². The van der Waals surface area contributed by atoms with Gasteiger partial charge in [0.1, 0.15) is 5.82 Å². The second-order valence-electron chi connectivity index (χ2n) is 4.58. The summed E-state index contributed by atoms with van der Waals surface area (Å²) in [5.41, 5.74) is 1.78. The zero-order valence-corrected chi connectivity index (χ0v) is 11.4. The predicted molar refractivity (Wildman–Crippen MR) is 76.6 cm³/mol. The Bertz CT molecular complexity index is 619. The fourth-order valence-electron chi connectivity index (χ4n) is 1.81. The van der Waals surface area contributed by atoms with Crippen LogP contribution >= 0.6 is 0 Å². The number of nitrogens with zero attached hydrogens (tertiary/aromatic N) is 2. The van der Waals surface area contributed by atoms with E-state index in [0.717, 1.165) is 5.56 Å². The summed E-state index contributed by atoms with van der Waals surface area (Å²) in [4.78, 5) is 18.3. The van der Waals surface area contributed by atoms with Gasteiger partial charge in [0.25, 0.3) is 0 Å². The van der Waals surface area contributed by atoms with Crippen molar-refractivity contribution in [3.63, 3.8) is 0 Å². The lowest BCUT2D eigenvalue weighted by Gasteiger charge is -2.11. The highest BCUT2D eigenvalue weighted by Gasteiger charge is 2.14. The van der Waals surface area contributed by atoms with Gasteiger partial charge in [0.05, 0.1) is 0 Å². The normalized spacial score (nSPS) is 11.2. The molecule has 0 spiro atoms. The zero-order valence-electron chi connectivity index (χ0n) is 11.4. The van der Waals surface area contributed by atoms with Gasteiger partial charge in [0, 0.05) is 43.8 Å². The van der Waals surface area contributed by atoms with Gasteiger partial charge in [-0.1, -0.05) is 0 Å². The van der Waals surface area contributed by atoms with E-state index in [1.54, 1.807) is 35.6 Å². The lowest BCUT2D eigenvalue weighted by atomic mass is 9.98. The molecule has 0 fully saturated rings. The quantitative estimate of drug-likeness (QED) is 0.632. The van der Waals surface area contributed by atoms with Crippen molar-refractivity contribution in [1.29, 1.82) is 0 Å². The largest absolute Gasteiger partial charge is 0.383 e. The van der Waals surface area contributed by atoms with Gasteiger partial charge >= 0.3 is 0 Å². The Hall–Kier alpha value is -2.49. The third kappa shape index (κ3) is 3.29. The second kappa shape index (κ2) is 6.10. The fourth-order valence-corrected chi connectivity index (χ4v) is 1.81. The van der Waals surface area contributed by atoms with Gasteiger partial charge in [0.2, 0.25) is 0 Å². The van der Waals surface area contributed by atoms with Crippen LogP contribution in [-0.2, 0) is 0 Å². The van der Waals surface area contributed by atoms with E-state index in [0.29, 0.717) is 11.1 Å². The standard InChI is InChI=1S/C16H15FN2O/c1-19(2)11-15(12-7-9-18-10-8-12)16(20)13-3-5-14(17)6-4-13/h3-11H,1-2H3/b15-11+. The van der Waals surface area contributed by atoms with Crippen LogP contribution in [0.1, 0.15) is 15.9 Å². The van der Waals surface area contributed by atoms with Crippen LogP contribution < -0.4 is 0 Å². The molecule has 0 aliphatic rings. The zero-order chi connectivity index (χ0) is 14.5. The summed E-state index contributed by atoms with van der Waals surface area (Å²) < 4.78 is 12.9. The molecule has 0 bridgehead atoms. The van der Waals surface area contributed by atoms with Crippen LogP contribution in [0.15, 0.2) is 55.0 Å². The number of carbonyl (C=O) groups excluding carboxylic acids is 1. The second-order valence-corrected chi connectivity index (χ2v) is 4.58. The van der Waals surface area contributed by atoms with Crippen molar-refractivity contribution in [1.82, 2.24) is 9.88 Å². The van der Waals surface area contributed by atoms with Gasteiger partial charge in [-0.25, -0.2) is 4.39 Å². The van der Waals surface area contributed by atoms with Crippen molar-refractivity contribution in [2.24, 2.45) is 0 Å². The van der Waals surface area contributed by atoms with E-state index in [9.17, 15) is 9.18 Å². The Morgan fingerprint density at radius 1 is 1.05 bits per heavy atom. The third-order valence-electron chi connectivity index (χ3n) is 2.73. The van der Waals surface area contributed by atoms with Crippen LogP contribution in [0, 0.1) is 5.82 Å². The molecule has 102 valence electrons. The lowest BCUT2D eigenvalue weighted by Crippen LogP contribution is -2.09. The molecule has 1 aromatic carbocycles. The number of allylic oxidation sites excluding steroid dienone is 1. The summed E-state index contributed by atoms with van der Waals surface area (Å²) >= 11 is 0. The molecular formula is C16H15FN2O. The SMILES string of the molecule is CN(C)/C=C(/C(=O)c1ccc(F)cc1)c1ccncc1. The molecular weight excluding hydrogens is 255 g/mol. The van der Waals surface area contributed by atoms with Gasteiger partial charge in [-0.3, -0.25) is 9.78 Å².